The standard InChI is InChI=1S/C37H62O8SSi2/c1-35(2,3)47(9,10)42-24-23-31(44-46(8,38)39)34-32(45-48(11,12)36(4,5)6)25-33(41-27-30-21-17-14-18-22-30)37(7,43-34)28-40-26-29-19-15-13-16-20-29/h13-22,31-34H,23-28H2,1-12H3/t31-,32-,33+,34+,37-/m0/s1. The predicted octanol–water partition coefficient (Wildman–Crippen LogP) is 8.48. The molecular weight excluding hydrogens is 661 g/mol. The van der Waals surface area contributed by atoms with Gasteiger partial charge in [0.15, 0.2) is 16.6 Å². The molecule has 1 fully saturated rings. The fourth-order valence-electron chi connectivity index (χ4n) is 5.27. The molecule has 0 aromatic heterocycles. The van der Waals surface area contributed by atoms with Crippen LogP contribution in [0.5, 0.6) is 0 Å². The Kier molecular flexibility index (Phi) is 13.9. The van der Waals surface area contributed by atoms with Gasteiger partial charge in [-0.05, 0) is 60.7 Å². The zero-order chi connectivity index (χ0) is 36.0. The van der Waals surface area contributed by atoms with Gasteiger partial charge in [0.1, 0.15) is 17.8 Å². The Morgan fingerprint density at radius 1 is 0.854 bits per heavy atom. The summed E-state index contributed by atoms with van der Waals surface area (Å²) in [6, 6.07) is 20.1. The third-order valence-electron chi connectivity index (χ3n) is 10.3. The van der Waals surface area contributed by atoms with Crippen molar-refractivity contribution in [3.63, 3.8) is 0 Å². The van der Waals surface area contributed by atoms with Crippen molar-refractivity contribution in [2.24, 2.45) is 0 Å². The van der Waals surface area contributed by atoms with Gasteiger partial charge in [-0.1, -0.05) is 102 Å². The molecule has 8 nitrogen and oxygen atoms in total. The Bertz CT molecular complexity index is 1370. The first kappa shape index (κ1) is 41.0. The minimum absolute atomic E-state index is 0.00742. The highest BCUT2D eigenvalue weighted by Crippen LogP contribution is 2.43. The molecule has 0 unspecified atom stereocenters. The van der Waals surface area contributed by atoms with Gasteiger partial charge in [-0.3, -0.25) is 4.18 Å². The van der Waals surface area contributed by atoms with Gasteiger partial charge < -0.3 is 23.1 Å². The van der Waals surface area contributed by atoms with Crippen molar-refractivity contribution in [3.8, 4) is 0 Å². The van der Waals surface area contributed by atoms with Gasteiger partial charge in [-0.15, -0.1) is 0 Å². The van der Waals surface area contributed by atoms with Crippen LogP contribution >= 0.6 is 0 Å². The van der Waals surface area contributed by atoms with E-state index >= 15 is 0 Å². The van der Waals surface area contributed by atoms with Crippen molar-refractivity contribution >= 4 is 26.8 Å². The zero-order valence-electron chi connectivity index (χ0n) is 31.5. The van der Waals surface area contributed by atoms with Gasteiger partial charge in [-0.25, -0.2) is 0 Å². The van der Waals surface area contributed by atoms with Crippen LogP contribution in [0.4, 0.5) is 0 Å². The second-order valence-electron chi connectivity index (χ2n) is 16.5. The number of benzene rings is 2. The Hall–Kier alpha value is -1.42. The molecule has 0 amide bonds. The van der Waals surface area contributed by atoms with E-state index in [1.54, 1.807) is 0 Å². The van der Waals surface area contributed by atoms with E-state index in [2.05, 4.69) is 67.7 Å². The molecule has 5 atom stereocenters. The normalized spacial score (nSPS) is 23.6. The van der Waals surface area contributed by atoms with Gasteiger partial charge >= 0.3 is 0 Å². The summed E-state index contributed by atoms with van der Waals surface area (Å²) in [6.07, 6.45) is -0.507. The average molecular weight is 723 g/mol. The predicted molar refractivity (Wildman–Crippen MR) is 199 cm³/mol. The molecule has 272 valence electrons. The Balaban J connectivity index is 2.00. The van der Waals surface area contributed by atoms with Crippen molar-refractivity contribution in [3.05, 3.63) is 71.8 Å². The van der Waals surface area contributed by atoms with Gasteiger partial charge in [0.05, 0.1) is 38.3 Å². The fourth-order valence-corrected chi connectivity index (χ4v) is 8.33. The zero-order valence-corrected chi connectivity index (χ0v) is 34.3. The number of ether oxygens (including phenoxy) is 3. The highest BCUT2D eigenvalue weighted by molar-refractivity contribution is 7.86. The molecule has 0 aliphatic carbocycles. The quantitative estimate of drug-likeness (QED) is 0.126. The summed E-state index contributed by atoms with van der Waals surface area (Å²) < 4.78 is 65.1. The van der Waals surface area contributed by atoms with Gasteiger partial charge in [0.2, 0.25) is 0 Å². The summed E-state index contributed by atoms with van der Waals surface area (Å²) >= 11 is 0. The molecule has 3 rings (SSSR count). The lowest BCUT2D eigenvalue weighted by Crippen LogP contribution is -2.63. The van der Waals surface area contributed by atoms with Crippen LogP contribution in [0, 0.1) is 0 Å². The minimum Gasteiger partial charge on any atom is -0.417 e. The first-order valence-corrected chi connectivity index (χ1v) is 24.8. The molecule has 1 heterocycles. The lowest BCUT2D eigenvalue weighted by Gasteiger charge is -2.52. The van der Waals surface area contributed by atoms with Gasteiger partial charge in [0.25, 0.3) is 10.1 Å². The van der Waals surface area contributed by atoms with Gasteiger partial charge in [-0.2, -0.15) is 8.42 Å². The van der Waals surface area contributed by atoms with Crippen LogP contribution in [0.1, 0.15) is 72.4 Å². The SMILES string of the molecule is CC(C)(C)[Si](C)(C)OCC[C@H](OS(C)(=O)=O)[C@H]1O[C@@](C)(COCc2ccccc2)[C@H](OCc2ccccc2)C[C@@H]1O[Si](C)(C)C(C)(C)C. The van der Waals surface area contributed by atoms with Crippen LogP contribution < -0.4 is 0 Å². The molecule has 0 N–H and O–H groups in total. The summed E-state index contributed by atoms with van der Waals surface area (Å²) in [6.45, 7) is 25.3. The van der Waals surface area contributed by atoms with E-state index in [9.17, 15) is 8.42 Å². The Morgan fingerprint density at radius 3 is 1.88 bits per heavy atom. The molecule has 0 radical (unpaired) electrons. The van der Waals surface area contributed by atoms with Crippen LogP contribution in [0.2, 0.25) is 36.3 Å². The first-order chi connectivity index (χ1) is 22.0. The minimum atomic E-state index is -3.84. The van der Waals surface area contributed by atoms with E-state index in [-0.39, 0.29) is 16.7 Å². The van der Waals surface area contributed by atoms with Crippen LogP contribution in [0.3, 0.4) is 0 Å². The summed E-state index contributed by atoms with van der Waals surface area (Å²) in [5, 5.41) is -0.0798. The second kappa shape index (κ2) is 16.3. The van der Waals surface area contributed by atoms with Gasteiger partial charge in [0, 0.05) is 13.0 Å². The third-order valence-corrected chi connectivity index (χ3v) is 19.9. The maximum Gasteiger partial charge on any atom is 0.264 e. The third kappa shape index (κ3) is 11.8. The summed E-state index contributed by atoms with van der Waals surface area (Å²) in [4.78, 5) is 0. The maximum atomic E-state index is 12.8. The van der Waals surface area contributed by atoms with E-state index in [0.29, 0.717) is 32.7 Å². The van der Waals surface area contributed by atoms with E-state index in [0.717, 1.165) is 17.4 Å². The molecule has 0 bridgehead atoms. The van der Waals surface area contributed by atoms with E-state index in [4.69, 9.17) is 27.2 Å². The molecular formula is C37H62O8SSi2. The lowest BCUT2D eigenvalue weighted by molar-refractivity contribution is -0.263. The molecule has 48 heavy (non-hydrogen) atoms. The maximum absolute atomic E-state index is 12.8. The average Bonchev–Trinajstić information content (AvgIpc) is 2.96. The lowest BCUT2D eigenvalue weighted by atomic mass is 9.86. The van der Waals surface area contributed by atoms with Crippen molar-refractivity contribution in [2.45, 2.75) is 141 Å². The smallest absolute Gasteiger partial charge is 0.264 e. The first-order valence-electron chi connectivity index (χ1n) is 17.2. The molecule has 11 heteroatoms. The van der Waals surface area contributed by atoms with E-state index in [1.807, 2.05) is 67.6 Å². The van der Waals surface area contributed by atoms with Crippen molar-refractivity contribution in [1.82, 2.24) is 0 Å². The van der Waals surface area contributed by atoms with Crippen molar-refractivity contribution in [2.75, 3.05) is 19.5 Å². The number of hydrogen-bond acceptors (Lipinski definition) is 8. The van der Waals surface area contributed by atoms with Crippen LogP contribution in [0.15, 0.2) is 60.7 Å². The van der Waals surface area contributed by atoms with Crippen molar-refractivity contribution in [1.29, 1.82) is 0 Å². The van der Waals surface area contributed by atoms with Crippen LogP contribution in [-0.4, -0.2) is 74.5 Å². The highest BCUT2D eigenvalue weighted by Gasteiger charge is 2.53. The van der Waals surface area contributed by atoms with Crippen molar-refractivity contribution < 1.29 is 35.7 Å². The summed E-state index contributed by atoms with van der Waals surface area (Å²) in [7, 11) is -8.30. The van der Waals surface area contributed by atoms with E-state index in [1.165, 1.54) is 0 Å². The monoisotopic (exact) mass is 722 g/mol. The fraction of sp³-hybridized carbons (Fsp3) is 0.676. The molecule has 1 aliphatic rings. The molecule has 0 saturated carbocycles. The molecule has 2 aromatic rings. The number of rotatable bonds is 16. The second-order valence-corrected chi connectivity index (χ2v) is 27.7. The Labute approximate surface area is 293 Å². The van der Waals surface area contributed by atoms with E-state index < -0.39 is 56.8 Å². The largest absolute Gasteiger partial charge is 0.417 e. The molecule has 1 saturated heterocycles. The summed E-state index contributed by atoms with van der Waals surface area (Å²) in [5.41, 5.74) is 1.17. The van der Waals surface area contributed by atoms with Crippen LogP contribution in [0.25, 0.3) is 0 Å². The topological polar surface area (TPSA) is 89.5 Å². The molecule has 1 aliphatic heterocycles. The Morgan fingerprint density at radius 2 is 1.38 bits per heavy atom. The summed E-state index contributed by atoms with van der Waals surface area (Å²) in [5.74, 6) is 0. The highest BCUT2D eigenvalue weighted by atomic mass is 32.2. The molecule has 2 aromatic carbocycles. The van der Waals surface area contributed by atoms with Crippen LogP contribution in [-0.2, 0) is 50.6 Å². The number of hydrogen-bond donors (Lipinski definition) is 0. The molecule has 0 spiro atoms.